The average molecular weight is 196 g/mol. The van der Waals surface area contributed by atoms with Gasteiger partial charge in [-0.1, -0.05) is 0 Å². The Morgan fingerprint density at radius 3 is 3.00 bits per heavy atom. The van der Waals surface area contributed by atoms with Gasteiger partial charge in [-0.2, -0.15) is 0 Å². The van der Waals surface area contributed by atoms with Crippen molar-refractivity contribution in [2.45, 2.75) is 13.0 Å². The van der Waals surface area contributed by atoms with Crippen LogP contribution in [0.1, 0.15) is 11.3 Å². The van der Waals surface area contributed by atoms with Gasteiger partial charge in [-0.3, -0.25) is 9.89 Å². The summed E-state index contributed by atoms with van der Waals surface area (Å²) in [6.45, 7) is 1.06. The van der Waals surface area contributed by atoms with E-state index in [1.54, 1.807) is 11.9 Å². The molecule has 0 aromatic carbocycles. The number of nitrogens with one attached hydrogen (secondary N) is 3. The molecule has 0 unspecified atom stereocenters. The van der Waals surface area contributed by atoms with Gasteiger partial charge >= 0.3 is 6.03 Å². The van der Waals surface area contributed by atoms with Gasteiger partial charge in [0.25, 0.3) is 5.56 Å². The Morgan fingerprint density at radius 2 is 2.29 bits per heavy atom. The van der Waals surface area contributed by atoms with Gasteiger partial charge in [0.1, 0.15) is 0 Å². The van der Waals surface area contributed by atoms with Crippen molar-refractivity contribution in [2.24, 2.45) is 0 Å². The standard InChI is InChI=1S/C8H12N4O2/c1-9-8(14)12-3-2-5-6(4-12)10-11-7(5)13/h2-4H2,1H3,(H,9,14)(H2,10,11,13). The number of nitrogens with zero attached hydrogens (tertiary/aromatic N) is 1. The lowest BCUT2D eigenvalue weighted by Gasteiger charge is -2.25. The molecular weight excluding hydrogens is 184 g/mol. The molecule has 0 spiro atoms. The van der Waals surface area contributed by atoms with Gasteiger partial charge < -0.3 is 15.3 Å². The molecule has 6 heteroatoms. The molecule has 0 saturated heterocycles. The molecule has 2 heterocycles. The van der Waals surface area contributed by atoms with Gasteiger partial charge in [-0.25, -0.2) is 4.79 Å². The largest absolute Gasteiger partial charge is 0.341 e. The number of aromatic nitrogens is 2. The van der Waals surface area contributed by atoms with Crippen LogP contribution < -0.4 is 10.9 Å². The molecule has 1 aromatic rings. The van der Waals surface area contributed by atoms with Crippen LogP contribution in [0.25, 0.3) is 0 Å². The molecule has 2 rings (SSSR count). The number of H-pyrrole nitrogens is 2. The maximum atomic E-state index is 11.3. The molecule has 3 N–H and O–H groups in total. The topological polar surface area (TPSA) is 81.0 Å². The molecule has 0 bridgehead atoms. The summed E-state index contributed by atoms with van der Waals surface area (Å²) < 4.78 is 0. The molecule has 1 aliphatic rings. The van der Waals surface area contributed by atoms with Crippen molar-refractivity contribution in [1.82, 2.24) is 20.4 Å². The molecule has 0 saturated carbocycles. The summed E-state index contributed by atoms with van der Waals surface area (Å²) in [7, 11) is 1.59. The number of aromatic amines is 2. The third-order valence-electron chi connectivity index (χ3n) is 2.45. The van der Waals surface area contributed by atoms with Crippen molar-refractivity contribution >= 4 is 6.03 Å². The number of carbonyl (C=O) groups excluding carboxylic acids is 1. The smallest absolute Gasteiger partial charge is 0.317 e. The average Bonchev–Trinajstić information content (AvgIpc) is 2.59. The molecule has 1 aliphatic heterocycles. The number of fused-ring (bicyclic) bond motifs is 1. The summed E-state index contributed by atoms with van der Waals surface area (Å²) in [4.78, 5) is 24.2. The van der Waals surface area contributed by atoms with Gasteiger partial charge in [0, 0.05) is 19.2 Å². The SMILES string of the molecule is CNC(=O)N1CCc2c([nH][nH]c2=O)C1. The summed E-state index contributed by atoms with van der Waals surface area (Å²) in [5.74, 6) is 0. The second kappa shape index (κ2) is 3.21. The Hall–Kier alpha value is -1.72. The zero-order valence-electron chi connectivity index (χ0n) is 7.89. The van der Waals surface area contributed by atoms with E-state index in [0.717, 1.165) is 11.3 Å². The Labute approximate surface area is 80.3 Å². The monoisotopic (exact) mass is 196 g/mol. The zero-order valence-corrected chi connectivity index (χ0v) is 7.89. The van der Waals surface area contributed by atoms with E-state index >= 15 is 0 Å². The van der Waals surface area contributed by atoms with E-state index in [0.29, 0.717) is 19.5 Å². The van der Waals surface area contributed by atoms with Gasteiger partial charge in [0.15, 0.2) is 0 Å². The number of amides is 2. The predicted octanol–water partition coefficient (Wildman–Crippen LogP) is -0.600. The maximum absolute atomic E-state index is 11.3. The Morgan fingerprint density at radius 1 is 1.50 bits per heavy atom. The first-order valence-corrected chi connectivity index (χ1v) is 4.47. The lowest BCUT2D eigenvalue weighted by molar-refractivity contribution is 0.194. The van der Waals surface area contributed by atoms with E-state index in [1.165, 1.54) is 0 Å². The van der Waals surface area contributed by atoms with Crippen LogP contribution in [0.4, 0.5) is 4.79 Å². The van der Waals surface area contributed by atoms with Crippen LogP contribution in [0.2, 0.25) is 0 Å². The van der Waals surface area contributed by atoms with Crippen molar-refractivity contribution in [3.05, 3.63) is 21.6 Å². The first-order chi connectivity index (χ1) is 6.72. The van der Waals surface area contributed by atoms with E-state index in [1.807, 2.05) is 0 Å². The first-order valence-electron chi connectivity index (χ1n) is 4.47. The third-order valence-corrected chi connectivity index (χ3v) is 2.45. The zero-order chi connectivity index (χ0) is 10.1. The normalized spacial score (nSPS) is 15.1. The van der Waals surface area contributed by atoms with Crippen molar-refractivity contribution in [3.8, 4) is 0 Å². The van der Waals surface area contributed by atoms with Gasteiger partial charge in [0.05, 0.1) is 12.2 Å². The second-order valence-corrected chi connectivity index (χ2v) is 3.26. The van der Waals surface area contributed by atoms with Crippen LogP contribution in [0, 0.1) is 0 Å². The van der Waals surface area contributed by atoms with Gasteiger partial charge in [-0.05, 0) is 6.42 Å². The molecule has 6 nitrogen and oxygen atoms in total. The highest BCUT2D eigenvalue weighted by atomic mass is 16.2. The van der Waals surface area contributed by atoms with E-state index in [-0.39, 0.29) is 11.6 Å². The van der Waals surface area contributed by atoms with Crippen molar-refractivity contribution in [3.63, 3.8) is 0 Å². The fraction of sp³-hybridized carbons (Fsp3) is 0.500. The molecule has 0 atom stereocenters. The fourth-order valence-corrected chi connectivity index (χ4v) is 1.67. The number of rotatable bonds is 0. The van der Waals surface area contributed by atoms with Crippen molar-refractivity contribution in [1.29, 1.82) is 0 Å². The minimum atomic E-state index is -0.113. The first kappa shape index (κ1) is 8.86. The molecule has 14 heavy (non-hydrogen) atoms. The predicted molar refractivity (Wildman–Crippen MR) is 50.0 cm³/mol. The Bertz CT molecular complexity index is 406. The van der Waals surface area contributed by atoms with E-state index in [9.17, 15) is 9.59 Å². The van der Waals surface area contributed by atoms with E-state index < -0.39 is 0 Å². The summed E-state index contributed by atoms with van der Waals surface area (Å²) in [5.41, 5.74) is 1.51. The molecule has 0 aliphatic carbocycles. The van der Waals surface area contributed by atoms with Crippen molar-refractivity contribution < 1.29 is 4.79 Å². The Balaban J connectivity index is 2.22. The van der Waals surface area contributed by atoms with Crippen LogP contribution in [0.3, 0.4) is 0 Å². The minimum absolute atomic E-state index is 0.0726. The van der Waals surface area contributed by atoms with Crippen LogP contribution >= 0.6 is 0 Å². The van der Waals surface area contributed by atoms with Crippen molar-refractivity contribution in [2.75, 3.05) is 13.6 Å². The summed E-state index contributed by atoms with van der Waals surface area (Å²) in [6, 6.07) is -0.113. The van der Waals surface area contributed by atoms with Crippen LogP contribution in [-0.4, -0.2) is 34.7 Å². The van der Waals surface area contributed by atoms with Crippen LogP contribution in [0.15, 0.2) is 4.79 Å². The summed E-state index contributed by atoms with van der Waals surface area (Å²) in [6.07, 6.45) is 0.613. The molecule has 76 valence electrons. The molecule has 0 radical (unpaired) electrons. The molecular formula is C8H12N4O2. The van der Waals surface area contributed by atoms with Gasteiger partial charge in [0.2, 0.25) is 0 Å². The number of urea groups is 1. The second-order valence-electron chi connectivity index (χ2n) is 3.26. The molecule has 0 fully saturated rings. The van der Waals surface area contributed by atoms with E-state index in [2.05, 4.69) is 15.5 Å². The van der Waals surface area contributed by atoms with Crippen LogP contribution in [-0.2, 0) is 13.0 Å². The number of hydrogen-bond acceptors (Lipinski definition) is 2. The van der Waals surface area contributed by atoms with Crippen LogP contribution in [0.5, 0.6) is 0 Å². The molecule has 2 amide bonds. The lowest BCUT2D eigenvalue weighted by atomic mass is 10.1. The quantitative estimate of drug-likeness (QED) is 0.518. The maximum Gasteiger partial charge on any atom is 0.317 e. The minimum Gasteiger partial charge on any atom is -0.341 e. The summed E-state index contributed by atoms with van der Waals surface area (Å²) >= 11 is 0. The number of carbonyl (C=O) groups is 1. The highest BCUT2D eigenvalue weighted by Gasteiger charge is 2.22. The van der Waals surface area contributed by atoms with E-state index in [4.69, 9.17) is 0 Å². The summed E-state index contributed by atoms with van der Waals surface area (Å²) in [5, 5.41) is 7.85. The highest BCUT2D eigenvalue weighted by Crippen LogP contribution is 2.12. The lowest BCUT2D eigenvalue weighted by Crippen LogP contribution is -2.41. The molecule has 1 aromatic heterocycles. The number of hydrogen-bond donors (Lipinski definition) is 3. The Kier molecular flexibility index (Phi) is 2.03. The fourth-order valence-electron chi connectivity index (χ4n) is 1.67. The third kappa shape index (κ3) is 1.28. The van der Waals surface area contributed by atoms with Gasteiger partial charge in [-0.15, -0.1) is 0 Å². The highest BCUT2D eigenvalue weighted by molar-refractivity contribution is 5.74.